The van der Waals surface area contributed by atoms with Gasteiger partial charge in [-0.1, -0.05) is 42.5 Å². The van der Waals surface area contributed by atoms with Crippen molar-refractivity contribution in [2.45, 2.75) is 12.3 Å². The second kappa shape index (κ2) is 6.12. The molecule has 0 aliphatic rings. The van der Waals surface area contributed by atoms with Crippen molar-refractivity contribution < 1.29 is 0 Å². The van der Waals surface area contributed by atoms with Crippen LogP contribution in [0.4, 0.5) is 0 Å². The van der Waals surface area contributed by atoms with E-state index >= 15 is 0 Å². The van der Waals surface area contributed by atoms with Crippen LogP contribution in [-0.4, -0.2) is 0 Å². The zero-order valence-corrected chi connectivity index (χ0v) is 10.5. The third kappa shape index (κ3) is 3.39. The monoisotopic (exact) mass is 252 g/mol. The average molecular weight is 252 g/mol. The van der Waals surface area contributed by atoms with Gasteiger partial charge in [0.1, 0.15) is 0 Å². The van der Waals surface area contributed by atoms with Gasteiger partial charge in [-0.2, -0.15) is 5.26 Å². The van der Waals surface area contributed by atoms with Crippen molar-refractivity contribution in [3.05, 3.63) is 71.3 Å². The van der Waals surface area contributed by atoms with E-state index in [1.807, 2.05) is 42.5 Å². The third-order valence-electron chi connectivity index (χ3n) is 2.92. The quantitative estimate of drug-likeness (QED) is 0.723. The minimum absolute atomic E-state index is 0.327. The summed E-state index contributed by atoms with van der Waals surface area (Å²) in [6.45, 7) is 0. The molecule has 0 aliphatic carbocycles. The molecule has 0 saturated heterocycles. The van der Waals surface area contributed by atoms with Crippen LogP contribution < -0.4 is 16.8 Å². The summed E-state index contributed by atoms with van der Waals surface area (Å²) in [4.78, 5) is 0. The van der Waals surface area contributed by atoms with E-state index in [0.717, 1.165) is 11.1 Å². The standard InChI is InChI=1S/C15H16N4/c16-10-11-6-8-13(9-7-11)15(18)19-14(17)12-4-2-1-3-5-12/h1-9,14-15,19H,17-18H2. The van der Waals surface area contributed by atoms with Crippen molar-refractivity contribution in [2.24, 2.45) is 11.5 Å². The highest BCUT2D eigenvalue weighted by molar-refractivity contribution is 5.32. The number of nitrogens with zero attached hydrogens (tertiary/aromatic N) is 1. The molecule has 0 spiro atoms. The fraction of sp³-hybridized carbons (Fsp3) is 0.133. The summed E-state index contributed by atoms with van der Waals surface area (Å²) >= 11 is 0. The summed E-state index contributed by atoms with van der Waals surface area (Å²) in [7, 11) is 0. The van der Waals surface area contributed by atoms with Crippen molar-refractivity contribution in [2.75, 3.05) is 0 Å². The number of nitriles is 1. The summed E-state index contributed by atoms with van der Waals surface area (Å²) in [6, 6.07) is 18.9. The molecule has 0 bridgehead atoms. The van der Waals surface area contributed by atoms with Gasteiger partial charge in [0.05, 0.1) is 24.0 Å². The smallest absolute Gasteiger partial charge is 0.0991 e. The highest BCUT2D eigenvalue weighted by atomic mass is 15.1. The first-order valence-corrected chi connectivity index (χ1v) is 6.03. The largest absolute Gasteiger partial charge is 0.312 e. The van der Waals surface area contributed by atoms with Crippen LogP contribution in [0.15, 0.2) is 54.6 Å². The minimum atomic E-state index is -0.372. The van der Waals surface area contributed by atoms with E-state index < -0.39 is 0 Å². The predicted molar refractivity (Wildman–Crippen MR) is 74.6 cm³/mol. The van der Waals surface area contributed by atoms with Crippen molar-refractivity contribution in [1.29, 1.82) is 5.26 Å². The van der Waals surface area contributed by atoms with Gasteiger partial charge in [-0.05, 0) is 23.3 Å². The van der Waals surface area contributed by atoms with E-state index in [1.165, 1.54) is 0 Å². The maximum Gasteiger partial charge on any atom is 0.0991 e. The van der Waals surface area contributed by atoms with Gasteiger partial charge in [0, 0.05) is 0 Å². The van der Waals surface area contributed by atoms with Gasteiger partial charge < -0.3 is 11.5 Å². The van der Waals surface area contributed by atoms with Crippen LogP contribution in [0.5, 0.6) is 0 Å². The number of nitrogens with one attached hydrogen (secondary N) is 1. The van der Waals surface area contributed by atoms with Gasteiger partial charge in [-0.25, -0.2) is 0 Å². The molecule has 0 saturated carbocycles. The van der Waals surface area contributed by atoms with Crippen LogP contribution in [0, 0.1) is 11.3 Å². The zero-order valence-electron chi connectivity index (χ0n) is 10.5. The summed E-state index contributed by atoms with van der Waals surface area (Å²) < 4.78 is 0. The molecule has 2 atom stereocenters. The molecule has 2 aromatic rings. The molecule has 0 aromatic heterocycles. The maximum absolute atomic E-state index is 8.74. The average Bonchev–Trinajstić information content (AvgIpc) is 2.48. The predicted octanol–water partition coefficient (Wildman–Crippen LogP) is 1.76. The van der Waals surface area contributed by atoms with E-state index in [4.69, 9.17) is 16.7 Å². The van der Waals surface area contributed by atoms with E-state index in [9.17, 15) is 0 Å². The van der Waals surface area contributed by atoms with E-state index in [2.05, 4.69) is 11.4 Å². The molecule has 4 heteroatoms. The SMILES string of the molecule is N#Cc1ccc(C(N)NC(N)c2ccccc2)cc1. The molecule has 0 amide bonds. The molecule has 96 valence electrons. The summed E-state index contributed by atoms with van der Waals surface area (Å²) in [5.41, 5.74) is 14.6. The molecular formula is C15H16N4. The first-order chi connectivity index (χ1) is 9.20. The molecule has 0 fully saturated rings. The first kappa shape index (κ1) is 13.2. The van der Waals surface area contributed by atoms with Crippen LogP contribution in [0.2, 0.25) is 0 Å². The van der Waals surface area contributed by atoms with Crippen molar-refractivity contribution in [3.8, 4) is 6.07 Å². The summed E-state index contributed by atoms with van der Waals surface area (Å²) in [5, 5.41) is 11.9. The highest BCUT2D eigenvalue weighted by Gasteiger charge is 2.11. The van der Waals surface area contributed by atoms with Crippen LogP contribution in [0.3, 0.4) is 0 Å². The Labute approximate surface area is 112 Å². The van der Waals surface area contributed by atoms with Gasteiger partial charge in [0.2, 0.25) is 0 Å². The molecule has 5 N–H and O–H groups in total. The Hall–Kier alpha value is -2.19. The Kier molecular flexibility index (Phi) is 4.26. The number of hydrogen-bond acceptors (Lipinski definition) is 4. The van der Waals surface area contributed by atoms with E-state index in [0.29, 0.717) is 5.56 Å². The number of hydrogen-bond donors (Lipinski definition) is 3. The maximum atomic E-state index is 8.74. The first-order valence-electron chi connectivity index (χ1n) is 6.03. The Morgan fingerprint density at radius 2 is 1.37 bits per heavy atom. The Balaban J connectivity index is 2.04. The topological polar surface area (TPSA) is 87.9 Å². The molecule has 2 aromatic carbocycles. The molecular weight excluding hydrogens is 236 g/mol. The van der Waals surface area contributed by atoms with Crippen LogP contribution in [0.25, 0.3) is 0 Å². The molecule has 19 heavy (non-hydrogen) atoms. The van der Waals surface area contributed by atoms with Gasteiger partial charge in [0.25, 0.3) is 0 Å². The number of nitrogens with two attached hydrogens (primary N) is 2. The van der Waals surface area contributed by atoms with E-state index in [1.54, 1.807) is 12.1 Å². The lowest BCUT2D eigenvalue weighted by molar-refractivity contribution is 0.464. The molecule has 4 nitrogen and oxygen atoms in total. The van der Waals surface area contributed by atoms with E-state index in [-0.39, 0.29) is 12.3 Å². The third-order valence-corrected chi connectivity index (χ3v) is 2.92. The number of benzene rings is 2. The van der Waals surface area contributed by atoms with Crippen LogP contribution in [-0.2, 0) is 0 Å². The lowest BCUT2D eigenvalue weighted by Crippen LogP contribution is -2.36. The molecule has 0 radical (unpaired) electrons. The number of rotatable bonds is 4. The second-order valence-corrected chi connectivity index (χ2v) is 4.27. The highest BCUT2D eigenvalue weighted by Crippen LogP contribution is 2.13. The van der Waals surface area contributed by atoms with Crippen molar-refractivity contribution in [3.63, 3.8) is 0 Å². The Morgan fingerprint density at radius 3 is 1.89 bits per heavy atom. The lowest BCUT2D eigenvalue weighted by atomic mass is 10.1. The Bertz CT molecular complexity index is 557. The zero-order chi connectivity index (χ0) is 13.7. The molecule has 0 aliphatic heterocycles. The normalized spacial score (nSPS) is 13.5. The Morgan fingerprint density at radius 1 is 0.842 bits per heavy atom. The van der Waals surface area contributed by atoms with Gasteiger partial charge in [0.15, 0.2) is 0 Å². The fourth-order valence-electron chi connectivity index (χ4n) is 1.81. The second-order valence-electron chi connectivity index (χ2n) is 4.27. The fourth-order valence-corrected chi connectivity index (χ4v) is 1.81. The minimum Gasteiger partial charge on any atom is -0.312 e. The molecule has 2 rings (SSSR count). The lowest BCUT2D eigenvalue weighted by Gasteiger charge is -2.20. The summed E-state index contributed by atoms with van der Waals surface area (Å²) in [6.07, 6.45) is -0.699. The van der Waals surface area contributed by atoms with Crippen LogP contribution in [0.1, 0.15) is 29.0 Å². The van der Waals surface area contributed by atoms with Gasteiger partial charge in [-0.15, -0.1) is 0 Å². The summed E-state index contributed by atoms with van der Waals surface area (Å²) in [5.74, 6) is 0. The van der Waals surface area contributed by atoms with Crippen molar-refractivity contribution in [1.82, 2.24) is 5.32 Å². The van der Waals surface area contributed by atoms with Crippen molar-refractivity contribution >= 4 is 0 Å². The molecule has 2 unspecified atom stereocenters. The van der Waals surface area contributed by atoms with Gasteiger partial charge in [-0.3, -0.25) is 5.32 Å². The van der Waals surface area contributed by atoms with Gasteiger partial charge >= 0.3 is 0 Å². The molecule has 0 heterocycles. The van der Waals surface area contributed by atoms with Crippen LogP contribution >= 0.6 is 0 Å².